The minimum Gasteiger partial charge on any atom is -0.507 e. The van der Waals surface area contributed by atoms with Crippen LogP contribution < -0.4 is 0 Å². The first kappa shape index (κ1) is 23.7. The van der Waals surface area contributed by atoms with Crippen LogP contribution in [0.25, 0.3) is 44.6 Å². The molecule has 0 spiro atoms. The first-order valence-electron chi connectivity index (χ1n) is 12.1. The van der Waals surface area contributed by atoms with Gasteiger partial charge in [0.25, 0.3) is 0 Å². The molecule has 0 saturated heterocycles. The van der Waals surface area contributed by atoms with E-state index in [2.05, 4.69) is 41.5 Å². The molecule has 0 radical (unpaired) electrons. The Morgan fingerprint density at radius 1 is 0.500 bits per heavy atom. The van der Waals surface area contributed by atoms with Crippen molar-refractivity contribution in [2.24, 2.45) is 0 Å². The number of hydrogen-bond acceptors (Lipinski definition) is 6. The van der Waals surface area contributed by atoms with Gasteiger partial charge >= 0.3 is 0 Å². The second kappa shape index (κ2) is 8.26. The molecule has 0 aliphatic rings. The monoisotopic (exact) mass is 478 g/mol. The van der Waals surface area contributed by atoms with Gasteiger partial charge in [0.15, 0.2) is 11.6 Å². The summed E-state index contributed by atoms with van der Waals surface area (Å²) in [5.41, 5.74) is 3.68. The quantitative estimate of drug-likeness (QED) is 0.268. The summed E-state index contributed by atoms with van der Waals surface area (Å²) in [6.45, 7) is 12.7. The molecule has 0 aliphatic heterocycles. The highest BCUT2D eigenvalue weighted by Crippen LogP contribution is 2.38. The number of aromatic nitrogens is 4. The minimum atomic E-state index is -0.283. The second-order valence-corrected chi connectivity index (χ2v) is 11.2. The molecule has 5 rings (SSSR count). The van der Waals surface area contributed by atoms with E-state index in [1.54, 1.807) is 24.3 Å². The highest BCUT2D eigenvalue weighted by Gasteiger charge is 2.27. The Kier molecular flexibility index (Phi) is 5.43. The van der Waals surface area contributed by atoms with Crippen LogP contribution in [0.3, 0.4) is 0 Å². The molecule has 0 amide bonds. The second-order valence-electron chi connectivity index (χ2n) is 11.2. The molecule has 6 heteroatoms. The van der Waals surface area contributed by atoms with Gasteiger partial charge < -0.3 is 10.2 Å². The third-order valence-electron chi connectivity index (χ3n) is 6.24. The number of nitrogens with zero attached hydrogens (tertiary/aromatic N) is 4. The van der Waals surface area contributed by atoms with Crippen molar-refractivity contribution < 1.29 is 10.2 Å². The van der Waals surface area contributed by atoms with Crippen LogP contribution in [-0.4, -0.2) is 30.1 Å². The van der Waals surface area contributed by atoms with Crippen LogP contribution in [0.2, 0.25) is 0 Å². The van der Waals surface area contributed by atoms with Gasteiger partial charge in [0.05, 0.1) is 22.5 Å². The maximum atomic E-state index is 10.6. The summed E-state index contributed by atoms with van der Waals surface area (Å²) in [5.74, 6) is 1.13. The molecular weight excluding hydrogens is 448 g/mol. The molecule has 2 N–H and O–H groups in total. The van der Waals surface area contributed by atoms with Crippen molar-refractivity contribution in [2.45, 2.75) is 52.4 Å². The van der Waals surface area contributed by atoms with E-state index in [1.807, 2.05) is 36.4 Å². The van der Waals surface area contributed by atoms with Crippen molar-refractivity contribution in [2.75, 3.05) is 0 Å². The summed E-state index contributed by atoms with van der Waals surface area (Å²) in [6, 6.07) is 18.3. The van der Waals surface area contributed by atoms with E-state index < -0.39 is 0 Å². The van der Waals surface area contributed by atoms with E-state index >= 15 is 0 Å². The smallest absolute Gasteiger partial charge is 0.163 e. The number of fused-ring (bicyclic) bond motifs is 3. The molecule has 5 aromatic rings. The lowest BCUT2D eigenvalue weighted by Gasteiger charge is -2.24. The Hall–Kier alpha value is -4.06. The number of phenolic OH excluding ortho intramolecular Hbond substituents is 2. The Balaban J connectivity index is 1.96. The van der Waals surface area contributed by atoms with E-state index in [1.165, 1.54) is 0 Å². The highest BCUT2D eigenvalue weighted by atomic mass is 16.3. The van der Waals surface area contributed by atoms with Gasteiger partial charge in [-0.25, -0.2) is 19.9 Å². The predicted molar refractivity (Wildman–Crippen MR) is 144 cm³/mol. The van der Waals surface area contributed by atoms with Gasteiger partial charge in [0.1, 0.15) is 22.5 Å². The fraction of sp³-hybridized carbons (Fsp3) is 0.267. The van der Waals surface area contributed by atoms with Gasteiger partial charge in [-0.3, -0.25) is 0 Å². The largest absolute Gasteiger partial charge is 0.507 e. The van der Waals surface area contributed by atoms with E-state index in [0.717, 1.165) is 22.2 Å². The maximum absolute atomic E-state index is 10.6. The zero-order valence-electron chi connectivity index (χ0n) is 21.5. The summed E-state index contributed by atoms with van der Waals surface area (Å²) in [4.78, 5) is 19.8. The molecule has 2 aromatic heterocycles. The lowest BCUT2D eigenvalue weighted by Crippen LogP contribution is -2.17. The van der Waals surface area contributed by atoms with Crippen molar-refractivity contribution in [3.05, 3.63) is 72.1 Å². The van der Waals surface area contributed by atoms with Gasteiger partial charge in [-0.05, 0) is 24.3 Å². The number of benzene rings is 3. The number of phenols is 2. The number of hydrogen-bond donors (Lipinski definition) is 2. The van der Waals surface area contributed by atoms with Crippen LogP contribution in [0.15, 0.2) is 60.7 Å². The maximum Gasteiger partial charge on any atom is 0.163 e. The standard InChI is InChI=1S/C30H30N4O2/c1-29(2,3)25-19-15-16-20-24(23(19)31-27(33-25)17-11-7-9-13-21(17)35)32-28(34-26(20)30(4,5)6)18-12-8-10-14-22(18)36/h7-16,35-36H,1-6H3. The molecule has 182 valence electrons. The van der Waals surface area contributed by atoms with Crippen molar-refractivity contribution in [1.29, 1.82) is 0 Å². The molecule has 0 atom stereocenters. The molecule has 0 bridgehead atoms. The van der Waals surface area contributed by atoms with Crippen molar-refractivity contribution in [3.8, 4) is 34.3 Å². The zero-order chi connectivity index (χ0) is 25.8. The third kappa shape index (κ3) is 4.02. The van der Waals surface area contributed by atoms with Crippen molar-refractivity contribution >= 4 is 21.8 Å². The zero-order valence-corrected chi connectivity index (χ0v) is 21.5. The first-order chi connectivity index (χ1) is 16.9. The molecule has 0 fully saturated rings. The number of para-hydroxylation sites is 2. The molecule has 6 nitrogen and oxygen atoms in total. The van der Waals surface area contributed by atoms with Crippen LogP contribution >= 0.6 is 0 Å². The molecule has 0 saturated carbocycles. The van der Waals surface area contributed by atoms with Crippen LogP contribution in [0.4, 0.5) is 0 Å². The lowest BCUT2D eigenvalue weighted by molar-refractivity contribution is 0.476. The molecule has 3 aromatic carbocycles. The fourth-order valence-electron chi connectivity index (χ4n) is 4.49. The molecule has 0 aliphatic carbocycles. The van der Waals surface area contributed by atoms with Gasteiger partial charge in [0, 0.05) is 21.6 Å². The fourth-order valence-corrected chi connectivity index (χ4v) is 4.49. The molecular formula is C30H30N4O2. The highest BCUT2D eigenvalue weighted by molar-refractivity contribution is 6.06. The lowest BCUT2D eigenvalue weighted by atomic mass is 9.86. The average Bonchev–Trinajstić information content (AvgIpc) is 2.82. The van der Waals surface area contributed by atoms with E-state index in [9.17, 15) is 10.2 Å². The van der Waals surface area contributed by atoms with E-state index in [0.29, 0.717) is 33.8 Å². The van der Waals surface area contributed by atoms with E-state index in [-0.39, 0.29) is 22.3 Å². The number of rotatable bonds is 2. The van der Waals surface area contributed by atoms with Crippen LogP contribution in [0.5, 0.6) is 11.5 Å². The SMILES string of the molecule is CC(C)(C)c1nc(-c2ccccc2O)nc2c1ccc1c(C(C)(C)C)nc(-c3ccccc3O)nc12. The minimum absolute atomic E-state index is 0.122. The summed E-state index contributed by atoms with van der Waals surface area (Å²) in [7, 11) is 0. The topological polar surface area (TPSA) is 92.0 Å². The van der Waals surface area contributed by atoms with Crippen LogP contribution in [-0.2, 0) is 10.8 Å². The van der Waals surface area contributed by atoms with Crippen LogP contribution in [0.1, 0.15) is 52.9 Å². The predicted octanol–water partition coefficient (Wildman–Crippen LogP) is 6.91. The van der Waals surface area contributed by atoms with Gasteiger partial charge in [-0.15, -0.1) is 0 Å². The first-order valence-corrected chi connectivity index (χ1v) is 12.1. The summed E-state index contributed by atoms with van der Waals surface area (Å²) in [6.07, 6.45) is 0. The third-order valence-corrected chi connectivity index (χ3v) is 6.24. The number of aromatic hydroxyl groups is 2. The average molecular weight is 479 g/mol. The molecule has 2 heterocycles. The van der Waals surface area contributed by atoms with Crippen molar-refractivity contribution in [1.82, 2.24) is 19.9 Å². The van der Waals surface area contributed by atoms with Gasteiger partial charge in [-0.2, -0.15) is 0 Å². The Bertz CT molecular complexity index is 1510. The van der Waals surface area contributed by atoms with Crippen molar-refractivity contribution in [3.63, 3.8) is 0 Å². The van der Waals surface area contributed by atoms with E-state index in [4.69, 9.17) is 19.9 Å². The summed E-state index contributed by atoms with van der Waals surface area (Å²) < 4.78 is 0. The Morgan fingerprint density at radius 3 is 1.19 bits per heavy atom. The Morgan fingerprint density at radius 2 is 0.861 bits per heavy atom. The summed E-state index contributed by atoms with van der Waals surface area (Å²) in [5, 5.41) is 23.0. The Labute approximate surface area is 210 Å². The summed E-state index contributed by atoms with van der Waals surface area (Å²) >= 11 is 0. The van der Waals surface area contributed by atoms with Gasteiger partial charge in [-0.1, -0.05) is 77.9 Å². The normalized spacial score (nSPS) is 12.4. The molecule has 0 unspecified atom stereocenters. The molecule has 36 heavy (non-hydrogen) atoms. The van der Waals surface area contributed by atoms with Gasteiger partial charge in [0.2, 0.25) is 0 Å². The van der Waals surface area contributed by atoms with Crippen LogP contribution in [0, 0.1) is 0 Å².